The predicted octanol–water partition coefficient (Wildman–Crippen LogP) is 1.80. The Morgan fingerprint density at radius 3 is 3.06 bits per heavy atom. The summed E-state index contributed by atoms with van der Waals surface area (Å²) in [6, 6.07) is 0.452. The van der Waals surface area contributed by atoms with Gasteiger partial charge in [0.25, 0.3) is 0 Å². The molecule has 0 radical (unpaired) electrons. The van der Waals surface area contributed by atoms with Crippen molar-refractivity contribution in [3.05, 3.63) is 17.3 Å². The van der Waals surface area contributed by atoms with Crippen molar-refractivity contribution in [3.8, 4) is 0 Å². The fourth-order valence-corrected chi connectivity index (χ4v) is 2.35. The van der Waals surface area contributed by atoms with Crippen LogP contribution in [0.3, 0.4) is 0 Å². The molecule has 4 nitrogen and oxygen atoms in total. The average molecular weight is 259 g/mol. The SMILES string of the molecule is CN(CC1CCCN1C)c1nc(Cl)ncc1F. The number of likely N-dealkylation sites (N-methyl/N-ethyl adjacent to an activating group) is 2. The van der Waals surface area contributed by atoms with Gasteiger partial charge in [0, 0.05) is 19.6 Å². The first-order chi connectivity index (χ1) is 8.08. The van der Waals surface area contributed by atoms with E-state index in [1.54, 1.807) is 4.90 Å². The van der Waals surface area contributed by atoms with Gasteiger partial charge in [-0.05, 0) is 38.0 Å². The number of hydrogen-bond acceptors (Lipinski definition) is 4. The van der Waals surface area contributed by atoms with Crippen molar-refractivity contribution in [1.82, 2.24) is 14.9 Å². The molecule has 94 valence electrons. The van der Waals surface area contributed by atoms with Gasteiger partial charge in [-0.3, -0.25) is 0 Å². The third kappa shape index (κ3) is 2.84. The van der Waals surface area contributed by atoms with Gasteiger partial charge in [-0.25, -0.2) is 9.37 Å². The van der Waals surface area contributed by atoms with Crippen LogP contribution in [0.25, 0.3) is 0 Å². The molecule has 0 N–H and O–H groups in total. The minimum Gasteiger partial charge on any atom is -0.356 e. The fraction of sp³-hybridized carbons (Fsp3) is 0.636. The second kappa shape index (κ2) is 5.14. The van der Waals surface area contributed by atoms with Crippen molar-refractivity contribution >= 4 is 17.4 Å². The summed E-state index contributed by atoms with van der Waals surface area (Å²) in [5.41, 5.74) is 0. The van der Waals surface area contributed by atoms with Gasteiger partial charge in [0.2, 0.25) is 5.28 Å². The Morgan fingerprint density at radius 1 is 1.65 bits per heavy atom. The topological polar surface area (TPSA) is 32.3 Å². The van der Waals surface area contributed by atoms with E-state index < -0.39 is 5.82 Å². The molecule has 0 saturated carbocycles. The van der Waals surface area contributed by atoms with Crippen LogP contribution < -0.4 is 4.90 Å². The van der Waals surface area contributed by atoms with Crippen LogP contribution in [0.15, 0.2) is 6.20 Å². The molecule has 0 bridgehead atoms. The summed E-state index contributed by atoms with van der Waals surface area (Å²) >= 11 is 5.68. The maximum absolute atomic E-state index is 13.6. The number of aromatic nitrogens is 2. The second-order valence-corrected chi connectivity index (χ2v) is 4.81. The molecule has 1 aliphatic rings. The van der Waals surface area contributed by atoms with Gasteiger partial charge in [-0.2, -0.15) is 4.98 Å². The van der Waals surface area contributed by atoms with E-state index in [9.17, 15) is 4.39 Å². The highest BCUT2D eigenvalue weighted by atomic mass is 35.5. The Labute approximate surface area is 105 Å². The van der Waals surface area contributed by atoms with Gasteiger partial charge in [0.15, 0.2) is 11.6 Å². The first-order valence-corrected chi connectivity index (χ1v) is 6.05. The number of anilines is 1. The number of rotatable bonds is 3. The smallest absolute Gasteiger partial charge is 0.224 e. The van der Waals surface area contributed by atoms with Crippen LogP contribution >= 0.6 is 11.6 Å². The van der Waals surface area contributed by atoms with E-state index >= 15 is 0 Å². The van der Waals surface area contributed by atoms with Gasteiger partial charge in [-0.15, -0.1) is 0 Å². The lowest BCUT2D eigenvalue weighted by atomic mass is 10.2. The molecule has 1 atom stereocenters. The largest absolute Gasteiger partial charge is 0.356 e. The lowest BCUT2D eigenvalue weighted by Crippen LogP contribution is -2.37. The summed E-state index contributed by atoms with van der Waals surface area (Å²) in [6.07, 6.45) is 3.45. The predicted molar refractivity (Wildman–Crippen MR) is 65.9 cm³/mol. The average Bonchev–Trinajstić information content (AvgIpc) is 2.68. The summed E-state index contributed by atoms with van der Waals surface area (Å²) in [7, 11) is 3.92. The maximum Gasteiger partial charge on any atom is 0.224 e. The molecule has 6 heteroatoms. The van der Waals surface area contributed by atoms with E-state index in [0.717, 1.165) is 25.7 Å². The van der Waals surface area contributed by atoms with Crippen LogP contribution in [0.1, 0.15) is 12.8 Å². The minimum absolute atomic E-state index is 0.0769. The highest BCUT2D eigenvalue weighted by molar-refractivity contribution is 6.28. The Morgan fingerprint density at radius 2 is 2.41 bits per heavy atom. The maximum atomic E-state index is 13.6. The van der Waals surface area contributed by atoms with E-state index in [1.165, 1.54) is 6.42 Å². The lowest BCUT2D eigenvalue weighted by molar-refractivity contribution is 0.313. The molecule has 1 saturated heterocycles. The first kappa shape index (κ1) is 12.5. The van der Waals surface area contributed by atoms with Crippen LogP contribution in [-0.2, 0) is 0 Å². The standard InChI is InChI=1S/C11H16ClFN4/c1-16-5-3-4-8(16)7-17(2)10-9(13)6-14-11(12)15-10/h6,8H,3-5,7H2,1-2H3. The highest BCUT2D eigenvalue weighted by Crippen LogP contribution is 2.20. The summed E-state index contributed by atoms with van der Waals surface area (Å²) in [5.74, 6) is -0.164. The third-order valence-electron chi connectivity index (χ3n) is 3.21. The van der Waals surface area contributed by atoms with E-state index in [1.807, 2.05) is 7.05 Å². The van der Waals surface area contributed by atoms with E-state index in [4.69, 9.17) is 11.6 Å². The van der Waals surface area contributed by atoms with Crippen LogP contribution in [0, 0.1) is 5.82 Å². The summed E-state index contributed by atoms with van der Waals surface area (Å²) in [4.78, 5) is 11.6. The van der Waals surface area contributed by atoms with E-state index in [0.29, 0.717) is 6.04 Å². The van der Waals surface area contributed by atoms with Crippen LogP contribution in [0.5, 0.6) is 0 Å². The van der Waals surface area contributed by atoms with Crippen LogP contribution in [0.2, 0.25) is 5.28 Å². The zero-order valence-corrected chi connectivity index (χ0v) is 10.8. The van der Waals surface area contributed by atoms with E-state index in [2.05, 4.69) is 21.9 Å². The lowest BCUT2D eigenvalue weighted by Gasteiger charge is -2.26. The summed E-state index contributed by atoms with van der Waals surface area (Å²) in [6.45, 7) is 1.85. The molecular weight excluding hydrogens is 243 g/mol. The van der Waals surface area contributed by atoms with Crippen LogP contribution in [0.4, 0.5) is 10.2 Å². The monoisotopic (exact) mass is 258 g/mol. The Balaban J connectivity index is 2.08. The normalized spacial score (nSPS) is 20.8. The molecular formula is C11H16ClFN4. The molecule has 1 aromatic rings. The van der Waals surface area contributed by atoms with Crippen molar-refractivity contribution in [1.29, 1.82) is 0 Å². The Hall–Kier alpha value is -0.940. The van der Waals surface area contributed by atoms with Crippen molar-refractivity contribution in [2.75, 3.05) is 32.1 Å². The number of likely N-dealkylation sites (tertiary alicyclic amines) is 1. The van der Waals surface area contributed by atoms with Gasteiger partial charge < -0.3 is 9.80 Å². The zero-order chi connectivity index (χ0) is 12.4. The van der Waals surface area contributed by atoms with Gasteiger partial charge in [-0.1, -0.05) is 0 Å². The van der Waals surface area contributed by atoms with Crippen molar-refractivity contribution in [2.45, 2.75) is 18.9 Å². The molecule has 0 aromatic carbocycles. The Kier molecular flexibility index (Phi) is 3.79. The fourth-order valence-electron chi connectivity index (χ4n) is 2.22. The van der Waals surface area contributed by atoms with Gasteiger partial charge >= 0.3 is 0 Å². The molecule has 1 aromatic heterocycles. The highest BCUT2D eigenvalue weighted by Gasteiger charge is 2.23. The summed E-state index contributed by atoms with van der Waals surface area (Å²) < 4.78 is 13.6. The Bertz CT molecular complexity index is 401. The molecule has 1 unspecified atom stereocenters. The van der Waals surface area contributed by atoms with Gasteiger partial charge in [0.1, 0.15) is 0 Å². The van der Waals surface area contributed by atoms with Crippen LogP contribution in [-0.4, -0.2) is 48.1 Å². The summed E-state index contributed by atoms with van der Waals surface area (Å²) in [5, 5.41) is 0.0769. The molecule has 0 spiro atoms. The first-order valence-electron chi connectivity index (χ1n) is 5.67. The van der Waals surface area contributed by atoms with Crippen molar-refractivity contribution in [3.63, 3.8) is 0 Å². The zero-order valence-electron chi connectivity index (χ0n) is 10.0. The molecule has 2 rings (SSSR count). The minimum atomic E-state index is -0.433. The quantitative estimate of drug-likeness (QED) is 0.774. The molecule has 1 fully saturated rings. The molecule has 1 aliphatic heterocycles. The number of hydrogen-bond donors (Lipinski definition) is 0. The molecule has 0 aliphatic carbocycles. The van der Waals surface area contributed by atoms with Crippen molar-refractivity contribution in [2.24, 2.45) is 0 Å². The second-order valence-electron chi connectivity index (χ2n) is 4.47. The van der Waals surface area contributed by atoms with Gasteiger partial charge in [0.05, 0.1) is 6.20 Å². The number of nitrogens with zero attached hydrogens (tertiary/aromatic N) is 4. The third-order valence-corrected chi connectivity index (χ3v) is 3.40. The molecule has 0 amide bonds. The van der Waals surface area contributed by atoms with E-state index in [-0.39, 0.29) is 11.1 Å². The molecule has 2 heterocycles. The molecule has 17 heavy (non-hydrogen) atoms. The number of halogens is 2. The van der Waals surface area contributed by atoms with Crippen molar-refractivity contribution < 1.29 is 4.39 Å².